The van der Waals surface area contributed by atoms with Crippen molar-refractivity contribution in [2.45, 2.75) is 13.8 Å². The number of benzene rings is 2. The number of anilines is 1. The molecule has 0 aliphatic rings. The van der Waals surface area contributed by atoms with Crippen molar-refractivity contribution in [2.24, 2.45) is 0 Å². The lowest BCUT2D eigenvalue weighted by molar-refractivity contribution is 0.707. The van der Waals surface area contributed by atoms with E-state index in [-0.39, 0.29) is 11.2 Å². The lowest BCUT2D eigenvalue weighted by atomic mass is 10.2. The quantitative estimate of drug-likeness (QED) is 0.784. The molecule has 0 amide bonds. The smallest absolute Gasteiger partial charge is 0.295 e. The Morgan fingerprint density at radius 1 is 0.810 bits per heavy atom. The van der Waals surface area contributed by atoms with Crippen LogP contribution in [0.25, 0.3) is 11.4 Å². The van der Waals surface area contributed by atoms with Crippen molar-refractivity contribution in [1.82, 2.24) is 9.36 Å². The van der Waals surface area contributed by atoms with Crippen LogP contribution in [0.2, 0.25) is 0 Å². The average Bonchev–Trinajstić information content (AvgIpc) is 2.73. The van der Waals surface area contributed by atoms with E-state index < -0.39 is 0 Å². The van der Waals surface area contributed by atoms with Gasteiger partial charge in [0.25, 0.3) is 5.56 Å². The Hall–Kier alpha value is -2.75. The summed E-state index contributed by atoms with van der Waals surface area (Å²) in [5, 5.41) is 0. The van der Waals surface area contributed by atoms with E-state index in [1.807, 2.05) is 73.1 Å². The van der Waals surface area contributed by atoms with Gasteiger partial charge in [-0.3, -0.25) is 4.79 Å². The van der Waals surface area contributed by atoms with Gasteiger partial charge in [0.2, 0.25) is 0 Å². The monoisotopic (exact) mass is 279 g/mol. The fraction of sp³-hybridized carbons (Fsp3) is 0.118. The van der Waals surface area contributed by atoms with E-state index in [2.05, 4.69) is 0 Å². The first-order valence-corrected chi connectivity index (χ1v) is 6.82. The van der Waals surface area contributed by atoms with Crippen LogP contribution in [0.1, 0.15) is 11.3 Å². The maximum atomic E-state index is 12.5. The summed E-state index contributed by atoms with van der Waals surface area (Å²) in [6.07, 6.45) is 0. The summed E-state index contributed by atoms with van der Waals surface area (Å²) in [6, 6.07) is 17.5. The zero-order valence-electron chi connectivity index (χ0n) is 12.1. The molecule has 2 aromatic carbocycles. The molecule has 0 spiro atoms. The van der Waals surface area contributed by atoms with Crippen molar-refractivity contribution in [3.63, 3.8) is 0 Å². The number of hydrogen-bond acceptors (Lipinski definition) is 2. The van der Waals surface area contributed by atoms with Crippen molar-refractivity contribution in [2.75, 3.05) is 5.73 Å². The predicted molar refractivity (Wildman–Crippen MR) is 85.3 cm³/mol. The summed E-state index contributed by atoms with van der Waals surface area (Å²) in [6.45, 7) is 3.89. The van der Waals surface area contributed by atoms with Gasteiger partial charge < -0.3 is 5.73 Å². The lowest BCUT2D eigenvalue weighted by Crippen LogP contribution is -2.21. The third-order valence-electron chi connectivity index (χ3n) is 3.61. The van der Waals surface area contributed by atoms with Gasteiger partial charge in [-0.25, -0.2) is 9.36 Å². The molecule has 106 valence electrons. The number of para-hydroxylation sites is 1. The topological polar surface area (TPSA) is 52.9 Å². The molecule has 2 N–H and O–H groups in total. The van der Waals surface area contributed by atoms with E-state index in [0.717, 1.165) is 17.1 Å². The minimum Gasteiger partial charge on any atom is -0.393 e. The van der Waals surface area contributed by atoms with Crippen LogP contribution < -0.4 is 11.3 Å². The first-order valence-electron chi connectivity index (χ1n) is 6.82. The normalized spacial score (nSPS) is 10.8. The molecule has 3 aromatic rings. The fourth-order valence-electron chi connectivity index (χ4n) is 2.42. The highest BCUT2D eigenvalue weighted by Crippen LogP contribution is 2.18. The van der Waals surface area contributed by atoms with Crippen LogP contribution in [-0.4, -0.2) is 9.36 Å². The van der Waals surface area contributed by atoms with Crippen molar-refractivity contribution in [3.8, 4) is 11.4 Å². The zero-order chi connectivity index (χ0) is 15.0. The van der Waals surface area contributed by atoms with Crippen molar-refractivity contribution in [1.29, 1.82) is 0 Å². The highest BCUT2D eigenvalue weighted by Gasteiger charge is 2.16. The van der Waals surface area contributed by atoms with E-state index in [9.17, 15) is 4.79 Å². The zero-order valence-corrected chi connectivity index (χ0v) is 12.1. The summed E-state index contributed by atoms with van der Waals surface area (Å²) in [5.74, 6) is 0. The van der Waals surface area contributed by atoms with E-state index >= 15 is 0 Å². The second kappa shape index (κ2) is 4.98. The van der Waals surface area contributed by atoms with Gasteiger partial charge in [-0.15, -0.1) is 0 Å². The highest BCUT2D eigenvalue weighted by molar-refractivity contribution is 5.49. The van der Waals surface area contributed by atoms with Crippen molar-refractivity contribution in [3.05, 3.63) is 76.2 Å². The Bertz CT molecular complexity index is 827. The van der Waals surface area contributed by atoms with Crippen LogP contribution in [0.4, 0.5) is 5.69 Å². The number of nitrogen functional groups attached to an aromatic ring is 1. The number of nitrogens with two attached hydrogens (primary N) is 1. The van der Waals surface area contributed by atoms with Crippen LogP contribution in [0.15, 0.2) is 59.4 Å². The molecule has 0 aliphatic heterocycles. The van der Waals surface area contributed by atoms with E-state index in [0.29, 0.717) is 0 Å². The van der Waals surface area contributed by atoms with Gasteiger partial charge in [-0.2, -0.15) is 0 Å². The van der Waals surface area contributed by atoms with E-state index in [1.165, 1.54) is 5.56 Å². The maximum absolute atomic E-state index is 12.5. The molecule has 0 atom stereocenters. The molecule has 4 nitrogen and oxygen atoms in total. The molecule has 0 saturated carbocycles. The largest absolute Gasteiger partial charge is 0.393 e. The summed E-state index contributed by atoms with van der Waals surface area (Å²) in [5.41, 5.74) is 9.66. The van der Waals surface area contributed by atoms with Crippen LogP contribution in [0.3, 0.4) is 0 Å². The highest BCUT2D eigenvalue weighted by atomic mass is 16.1. The van der Waals surface area contributed by atoms with E-state index in [4.69, 9.17) is 5.73 Å². The third-order valence-corrected chi connectivity index (χ3v) is 3.61. The molecule has 0 radical (unpaired) electrons. The van der Waals surface area contributed by atoms with Gasteiger partial charge in [0.15, 0.2) is 0 Å². The van der Waals surface area contributed by atoms with Crippen LogP contribution >= 0.6 is 0 Å². The SMILES string of the molecule is Cc1ccc(-n2c(C)c(N)c(=O)n2-c2ccccc2)cc1. The Kier molecular flexibility index (Phi) is 3.14. The summed E-state index contributed by atoms with van der Waals surface area (Å²) in [7, 11) is 0. The van der Waals surface area contributed by atoms with Crippen molar-refractivity contribution >= 4 is 5.69 Å². The van der Waals surface area contributed by atoms with Crippen LogP contribution in [-0.2, 0) is 0 Å². The fourth-order valence-corrected chi connectivity index (χ4v) is 2.42. The minimum atomic E-state index is -0.195. The molecule has 0 fully saturated rings. The Labute approximate surface area is 123 Å². The van der Waals surface area contributed by atoms with Gasteiger partial charge in [0.1, 0.15) is 5.69 Å². The maximum Gasteiger partial charge on any atom is 0.295 e. The molecular formula is C17H17N3O. The number of rotatable bonds is 2. The first-order chi connectivity index (χ1) is 10.1. The van der Waals surface area contributed by atoms with Gasteiger partial charge in [0.05, 0.1) is 17.1 Å². The molecule has 1 aromatic heterocycles. The number of aromatic nitrogens is 2. The third kappa shape index (κ3) is 2.14. The second-order valence-electron chi connectivity index (χ2n) is 5.10. The molecule has 0 bridgehead atoms. The Morgan fingerprint density at radius 3 is 2.00 bits per heavy atom. The van der Waals surface area contributed by atoms with Crippen LogP contribution in [0.5, 0.6) is 0 Å². The number of nitrogens with zero attached hydrogens (tertiary/aromatic N) is 2. The van der Waals surface area contributed by atoms with Gasteiger partial charge in [-0.05, 0) is 38.1 Å². The standard InChI is InChI=1S/C17H17N3O/c1-12-8-10-15(11-9-12)19-13(2)16(18)17(21)20(19)14-6-4-3-5-7-14/h3-11H,18H2,1-2H3. The number of hydrogen-bond donors (Lipinski definition) is 1. The minimum absolute atomic E-state index is 0.195. The molecule has 4 heteroatoms. The summed E-state index contributed by atoms with van der Waals surface area (Å²) in [4.78, 5) is 12.5. The predicted octanol–water partition coefficient (Wildman–Crippen LogP) is 2.83. The molecule has 0 aliphatic carbocycles. The van der Waals surface area contributed by atoms with Gasteiger partial charge in [-0.1, -0.05) is 35.9 Å². The summed E-state index contributed by atoms with van der Waals surface area (Å²) < 4.78 is 3.46. The molecule has 0 unspecified atom stereocenters. The number of aryl methyl sites for hydroxylation is 1. The molecule has 0 saturated heterocycles. The molecule has 3 rings (SSSR count). The molecule has 1 heterocycles. The van der Waals surface area contributed by atoms with E-state index in [1.54, 1.807) is 4.68 Å². The van der Waals surface area contributed by atoms with Crippen LogP contribution in [0, 0.1) is 13.8 Å². The first kappa shape index (κ1) is 13.2. The second-order valence-corrected chi connectivity index (χ2v) is 5.10. The average molecular weight is 279 g/mol. The molecule has 21 heavy (non-hydrogen) atoms. The van der Waals surface area contributed by atoms with Crippen molar-refractivity contribution < 1.29 is 0 Å². The lowest BCUT2D eigenvalue weighted by Gasteiger charge is -2.13. The van der Waals surface area contributed by atoms with Gasteiger partial charge in [0, 0.05) is 0 Å². The Morgan fingerprint density at radius 2 is 1.38 bits per heavy atom. The molecular weight excluding hydrogens is 262 g/mol. The Balaban J connectivity index is 2.32. The summed E-state index contributed by atoms with van der Waals surface area (Å²) >= 11 is 0. The van der Waals surface area contributed by atoms with Gasteiger partial charge >= 0.3 is 0 Å².